The molecule has 0 fully saturated rings. The van der Waals surface area contributed by atoms with Gasteiger partial charge in [0, 0.05) is 19.3 Å². The summed E-state index contributed by atoms with van der Waals surface area (Å²) in [6.45, 7) is 8.85. The van der Waals surface area contributed by atoms with Gasteiger partial charge < -0.3 is 14.2 Å². The van der Waals surface area contributed by atoms with E-state index in [2.05, 4.69) is 27.7 Å². The second-order valence-corrected chi connectivity index (χ2v) is 13.8. The molecule has 272 valence electrons. The Labute approximate surface area is 285 Å². The average molecular weight is 653 g/mol. The van der Waals surface area contributed by atoms with Crippen molar-refractivity contribution in [3.63, 3.8) is 0 Å². The van der Waals surface area contributed by atoms with Crippen LogP contribution < -0.4 is 0 Å². The van der Waals surface area contributed by atoms with Gasteiger partial charge in [0.05, 0.1) is 0 Å². The van der Waals surface area contributed by atoms with Crippen LogP contribution in [0.25, 0.3) is 0 Å². The third kappa shape index (κ3) is 32.4. The summed E-state index contributed by atoms with van der Waals surface area (Å²) in [4.78, 5) is 37.0. The van der Waals surface area contributed by atoms with Crippen LogP contribution in [0.1, 0.15) is 214 Å². The molecule has 1 unspecified atom stereocenters. The van der Waals surface area contributed by atoms with Crippen molar-refractivity contribution in [2.24, 2.45) is 5.92 Å². The van der Waals surface area contributed by atoms with Gasteiger partial charge >= 0.3 is 17.9 Å². The number of rotatable bonds is 35. The molecule has 0 aliphatic heterocycles. The third-order valence-electron chi connectivity index (χ3n) is 9.15. The molecule has 0 saturated carbocycles. The molecule has 0 N–H and O–H groups in total. The van der Waals surface area contributed by atoms with Gasteiger partial charge in [0.15, 0.2) is 6.10 Å². The minimum absolute atomic E-state index is 0.0670. The Balaban J connectivity index is 4.02. The lowest BCUT2D eigenvalue weighted by atomic mass is 9.99. The molecule has 0 bridgehead atoms. The predicted octanol–water partition coefficient (Wildman–Crippen LogP) is 12.0. The molecular weight excluding hydrogens is 576 g/mol. The molecule has 0 aromatic rings. The van der Waals surface area contributed by atoms with Gasteiger partial charge in [-0.25, -0.2) is 0 Å². The highest BCUT2D eigenvalue weighted by Gasteiger charge is 2.19. The fourth-order valence-corrected chi connectivity index (χ4v) is 5.71. The molecule has 0 aromatic heterocycles. The van der Waals surface area contributed by atoms with Crippen LogP contribution in [0, 0.1) is 5.92 Å². The summed E-state index contributed by atoms with van der Waals surface area (Å²) in [6, 6.07) is 0. The lowest BCUT2D eigenvalue weighted by molar-refractivity contribution is -0.167. The fourth-order valence-electron chi connectivity index (χ4n) is 5.71. The average Bonchev–Trinajstić information content (AvgIpc) is 3.05. The summed E-state index contributed by atoms with van der Waals surface area (Å²) in [7, 11) is 0. The summed E-state index contributed by atoms with van der Waals surface area (Å²) in [5.41, 5.74) is 0. The van der Waals surface area contributed by atoms with Crippen molar-refractivity contribution in [3.8, 4) is 0 Å². The van der Waals surface area contributed by atoms with Crippen molar-refractivity contribution in [2.45, 2.75) is 220 Å². The number of carbonyl (C=O) groups is 3. The van der Waals surface area contributed by atoms with Crippen molar-refractivity contribution < 1.29 is 28.6 Å². The second-order valence-electron chi connectivity index (χ2n) is 13.8. The van der Waals surface area contributed by atoms with Gasteiger partial charge in [-0.15, -0.1) is 0 Å². The topological polar surface area (TPSA) is 78.9 Å². The first-order valence-electron chi connectivity index (χ1n) is 19.9. The summed E-state index contributed by atoms with van der Waals surface area (Å²) in [5, 5.41) is 0. The summed E-state index contributed by atoms with van der Waals surface area (Å²) >= 11 is 0. The van der Waals surface area contributed by atoms with Crippen LogP contribution >= 0.6 is 0 Å². The van der Waals surface area contributed by atoms with E-state index in [1.165, 1.54) is 96.3 Å². The normalized spacial score (nSPS) is 12.5. The number of hydrogen-bond acceptors (Lipinski definition) is 6. The Bertz CT molecular complexity index is 693. The first-order chi connectivity index (χ1) is 22.4. The number of unbranched alkanes of at least 4 members (excludes halogenated alkanes) is 21. The van der Waals surface area contributed by atoms with Crippen molar-refractivity contribution in [3.05, 3.63) is 0 Å². The second kappa shape index (κ2) is 34.7. The third-order valence-corrected chi connectivity index (χ3v) is 9.15. The van der Waals surface area contributed by atoms with Crippen LogP contribution in [-0.2, 0) is 28.6 Å². The minimum Gasteiger partial charge on any atom is -0.462 e. The lowest BCUT2D eigenvalue weighted by Crippen LogP contribution is -2.30. The van der Waals surface area contributed by atoms with E-state index in [9.17, 15) is 14.4 Å². The van der Waals surface area contributed by atoms with E-state index in [0.717, 1.165) is 76.5 Å². The Morgan fingerprint density at radius 1 is 0.435 bits per heavy atom. The molecule has 0 aromatic carbocycles. The molecule has 0 saturated heterocycles. The van der Waals surface area contributed by atoms with E-state index in [0.29, 0.717) is 19.3 Å². The van der Waals surface area contributed by atoms with Gasteiger partial charge in [-0.3, -0.25) is 14.4 Å². The number of carbonyl (C=O) groups excluding carboxylic acids is 3. The van der Waals surface area contributed by atoms with Gasteiger partial charge in [0.25, 0.3) is 0 Å². The van der Waals surface area contributed by atoms with Gasteiger partial charge in [-0.05, 0) is 25.2 Å². The van der Waals surface area contributed by atoms with Crippen molar-refractivity contribution in [2.75, 3.05) is 13.2 Å². The van der Waals surface area contributed by atoms with E-state index in [1.807, 2.05) is 0 Å². The van der Waals surface area contributed by atoms with Crippen LogP contribution in [0.15, 0.2) is 0 Å². The summed E-state index contributed by atoms with van der Waals surface area (Å²) in [5.74, 6) is 0.00407. The van der Waals surface area contributed by atoms with E-state index < -0.39 is 6.10 Å². The molecule has 0 radical (unpaired) electrons. The molecule has 0 spiro atoms. The lowest BCUT2D eigenvalue weighted by Gasteiger charge is -2.18. The molecule has 0 aliphatic carbocycles. The molecule has 0 heterocycles. The van der Waals surface area contributed by atoms with E-state index in [1.54, 1.807) is 0 Å². The van der Waals surface area contributed by atoms with Crippen LogP contribution in [0.2, 0.25) is 0 Å². The fraction of sp³-hybridized carbons (Fsp3) is 0.925. The van der Waals surface area contributed by atoms with Crippen LogP contribution in [0.3, 0.4) is 0 Å². The van der Waals surface area contributed by atoms with Crippen LogP contribution in [-0.4, -0.2) is 37.2 Å². The monoisotopic (exact) mass is 653 g/mol. The van der Waals surface area contributed by atoms with Gasteiger partial charge in [-0.1, -0.05) is 175 Å². The first kappa shape index (κ1) is 44.4. The molecule has 2 atom stereocenters. The molecule has 6 nitrogen and oxygen atoms in total. The maximum absolute atomic E-state index is 12.4. The Hall–Kier alpha value is -1.59. The van der Waals surface area contributed by atoms with E-state index in [-0.39, 0.29) is 31.1 Å². The van der Waals surface area contributed by atoms with Crippen LogP contribution in [0.4, 0.5) is 0 Å². The maximum Gasteiger partial charge on any atom is 0.306 e. The molecule has 0 amide bonds. The van der Waals surface area contributed by atoms with Crippen molar-refractivity contribution in [1.29, 1.82) is 0 Å². The zero-order valence-corrected chi connectivity index (χ0v) is 31.0. The number of ether oxygens (including phenoxy) is 3. The zero-order valence-electron chi connectivity index (χ0n) is 31.0. The van der Waals surface area contributed by atoms with E-state index in [4.69, 9.17) is 14.2 Å². The highest BCUT2D eigenvalue weighted by molar-refractivity contribution is 5.71. The highest BCUT2D eigenvalue weighted by atomic mass is 16.6. The smallest absolute Gasteiger partial charge is 0.306 e. The van der Waals surface area contributed by atoms with Crippen molar-refractivity contribution in [1.82, 2.24) is 0 Å². The summed E-state index contributed by atoms with van der Waals surface area (Å²) < 4.78 is 16.4. The Morgan fingerprint density at radius 2 is 0.761 bits per heavy atom. The largest absolute Gasteiger partial charge is 0.462 e. The van der Waals surface area contributed by atoms with E-state index >= 15 is 0 Å². The Kier molecular flexibility index (Phi) is 33.5. The quantitative estimate of drug-likeness (QED) is 0.0385. The molecular formula is C40H76O6. The number of hydrogen-bond donors (Lipinski definition) is 0. The standard InChI is InChI=1S/C40H76O6/c1-5-8-10-22-27-31-38(41)44-34-37(46-40(43)33-29-23-11-9-6-2)35-45-39(42)32-28-25-21-19-17-15-13-12-14-16-18-20-24-26-30-36(4)7-3/h36-37H,5-35H2,1-4H3/t36?,37-/m1/s1. The predicted molar refractivity (Wildman–Crippen MR) is 192 cm³/mol. The zero-order chi connectivity index (χ0) is 33.9. The highest BCUT2D eigenvalue weighted by Crippen LogP contribution is 2.16. The minimum atomic E-state index is -0.754. The summed E-state index contributed by atoms with van der Waals surface area (Å²) in [6.07, 6.45) is 31.4. The van der Waals surface area contributed by atoms with Gasteiger partial charge in [-0.2, -0.15) is 0 Å². The SMILES string of the molecule is CCCCCCCC(=O)OC[C@H](COC(=O)CCCCCCCCCCCCCCCCC(C)CC)OC(=O)CCCCCCC. The van der Waals surface area contributed by atoms with Gasteiger partial charge in [0.2, 0.25) is 0 Å². The molecule has 6 heteroatoms. The molecule has 0 rings (SSSR count). The van der Waals surface area contributed by atoms with Crippen LogP contribution in [0.5, 0.6) is 0 Å². The van der Waals surface area contributed by atoms with Gasteiger partial charge in [0.1, 0.15) is 13.2 Å². The Morgan fingerprint density at radius 3 is 1.13 bits per heavy atom. The molecule has 0 aliphatic rings. The molecule has 46 heavy (non-hydrogen) atoms. The maximum atomic E-state index is 12.4. The number of esters is 3. The van der Waals surface area contributed by atoms with Crippen molar-refractivity contribution >= 4 is 17.9 Å². The first-order valence-corrected chi connectivity index (χ1v) is 19.9.